The van der Waals surface area contributed by atoms with E-state index in [1.807, 2.05) is 24.7 Å². The molecular weight excluding hydrogens is 240 g/mol. The summed E-state index contributed by atoms with van der Waals surface area (Å²) in [5.41, 5.74) is 0.721. The molecule has 1 heterocycles. The fraction of sp³-hybridized carbons (Fsp3) is 0.714. The van der Waals surface area contributed by atoms with Gasteiger partial charge in [0.05, 0.1) is 11.6 Å². The topological polar surface area (TPSA) is 59.0 Å². The number of hydrogen-bond acceptors (Lipinski definition) is 3. The highest BCUT2D eigenvalue weighted by molar-refractivity contribution is 5.81. The summed E-state index contributed by atoms with van der Waals surface area (Å²) in [6, 6.07) is 0.541. The van der Waals surface area contributed by atoms with Gasteiger partial charge < -0.3 is 10.6 Å². The summed E-state index contributed by atoms with van der Waals surface area (Å²) in [5.74, 6) is 0.0464. The van der Waals surface area contributed by atoms with E-state index in [9.17, 15) is 4.79 Å². The number of hydrogen-bond donors (Lipinski definition) is 2. The zero-order chi connectivity index (χ0) is 14.6. The van der Waals surface area contributed by atoms with Crippen LogP contribution < -0.4 is 10.6 Å². The van der Waals surface area contributed by atoms with E-state index in [0.717, 1.165) is 5.56 Å². The molecule has 0 aromatic carbocycles. The molecule has 1 rings (SSSR count). The Bertz CT molecular complexity index is 423. The molecule has 0 aliphatic heterocycles. The van der Waals surface area contributed by atoms with Gasteiger partial charge in [-0.2, -0.15) is 5.10 Å². The van der Waals surface area contributed by atoms with Gasteiger partial charge in [-0.05, 0) is 34.6 Å². The van der Waals surface area contributed by atoms with Crippen LogP contribution in [0.15, 0.2) is 12.4 Å². The van der Waals surface area contributed by atoms with Crippen LogP contribution in [0.4, 0.5) is 0 Å². The number of nitrogens with zero attached hydrogens (tertiary/aromatic N) is 2. The summed E-state index contributed by atoms with van der Waals surface area (Å²) < 4.78 is 1.94. The molecule has 1 atom stereocenters. The Morgan fingerprint density at radius 1 is 1.42 bits per heavy atom. The molecule has 0 aliphatic rings. The molecule has 1 aromatic heterocycles. The largest absolute Gasteiger partial charge is 0.359 e. The lowest BCUT2D eigenvalue weighted by molar-refractivity contribution is -0.128. The summed E-state index contributed by atoms with van der Waals surface area (Å²) in [7, 11) is 1.67. The molecule has 1 aromatic rings. The number of carbonyl (C=O) groups excluding carboxylic acids is 1. The molecule has 0 saturated heterocycles. The Kier molecular flexibility index (Phi) is 5.11. The first-order chi connectivity index (χ1) is 8.77. The average molecular weight is 266 g/mol. The van der Waals surface area contributed by atoms with Crippen molar-refractivity contribution in [3.63, 3.8) is 0 Å². The standard InChI is InChI=1S/C14H26N4O/c1-10(2)18-8-12(7-17-18)11(3)16-9-14(4,5)13(19)15-6/h7-8,10-11,16H,9H2,1-6H3,(H,15,19)/t11-/m1/s1. The van der Waals surface area contributed by atoms with Gasteiger partial charge >= 0.3 is 0 Å². The minimum absolute atomic E-state index is 0.0464. The molecule has 0 radical (unpaired) electrons. The molecule has 5 heteroatoms. The average Bonchev–Trinajstić information content (AvgIpc) is 2.84. The molecular formula is C14H26N4O. The Morgan fingerprint density at radius 3 is 2.53 bits per heavy atom. The minimum Gasteiger partial charge on any atom is -0.359 e. The van der Waals surface area contributed by atoms with Crippen molar-refractivity contribution < 1.29 is 4.79 Å². The third kappa shape index (κ3) is 4.06. The van der Waals surface area contributed by atoms with Gasteiger partial charge in [0, 0.05) is 37.4 Å². The van der Waals surface area contributed by atoms with Crippen LogP contribution in [0.3, 0.4) is 0 Å². The van der Waals surface area contributed by atoms with Crippen molar-refractivity contribution in [1.82, 2.24) is 20.4 Å². The van der Waals surface area contributed by atoms with Crippen molar-refractivity contribution >= 4 is 5.91 Å². The zero-order valence-electron chi connectivity index (χ0n) is 12.8. The second-order valence-electron chi connectivity index (χ2n) is 5.91. The van der Waals surface area contributed by atoms with Crippen molar-refractivity contribution in [3.05, 3.63) is 18.0 Å². The molecule has 0 saturated carbocycles. The van der Waals surface area contributed by atoms with E-state index in [1.165, 1.54) is 0 Å². The summed E-state index contributed by atoms with van der Waals surface area (Å²) in [5, 5.41) is 10.4. The van der Waals surface area contributed by atoms with Gasteiger partial charge in [-0.3, -0.25) is 9.48 Å². The Labute approximate surface area is 115 Å². The summed E-state index contributed by atoms with van der Waals surface area (Å²) >= 11 is 0. The van der Waals surface area contributed by atoms with Gasteiger partial charge in [0.25, 0.3) is 0 Å². The first-order valence-corrected chi connectivity index (χ1v) is 6.77. The highest BCUT2D eigenvalue weighted by atomic mass is 16.2. The second kappa shape index (κ2) is 6.19. The predicted octanol–water partition coefficient (Wildman–Crippen LogP) is 1.89. The Balaban J connectivity index is 2.59. The van der Waals surface area contributed by atoms with Crippen molar-refractivity contribution in [1.29, 1.82) is 0 Å². The monoisotopic (exact) mass is 266 g/mol. The first-order valence-electron chi connectivity index (χ1n) is 6.77. The SMILES string of the molecule is CNC(=O)C(C)(C)CN[C@H](C)c1cnn(C(C)C)c1. The van der Waals surface area contributed by atoms with E-state index >= 15 is 0 Å². The zero-order valence-corrected chi connectivity index (χ0v) is 12.8. The lowest BCUT2D eigenvalue weighted by Gasteiger charge is -2.25. The molecule has 1 amide bonds. The quantitative estimate of drug-likeness (QED) is 0.826. The van der Waals surface area contributed by atoms with Crippen LogP contribution in [0.2, 0.25) is 0 Å². The smallest absolute Gasteiger partial charge is 0.226 e. The highest BCUT2D eigenvalue weighted by Crippen LogP contribution is 2.18. The fourth-order valence-corrected chi connectivity index (χ4v) is 1.80. The molecule has 5 nitrogen and oxygen atoms in total. The predicted molar refractivity (Wildman–Crippen MR) is 76.9 cm³/mol. The maximum atomic E-state index is 11.7. The van der Waals surface area contributed by atoms with Crippen molar-refractivity contribution in [2.75, 3.05) is 13.6 Å². The van der Waals surface area contributed by atoms with E-state index in [-0.39, 0.29) is 11.9 Å². The Morgan fingerprint density at radius 2 is 2.05 bits per heavy atom. The Hall–Kier alpha value is -1.36. The van der Waals surface area contributed by atoms with Gasteiger partial charge in [-0.1, -0.05) is 0 Å². The number of carbonyl (C=O) groups is 1. The minimum atomic E-state index is -0.420. The van der Waals surface area contributed by atoms with Crippen LogP contribution in [0.25, 0.3) is 0 Å². The highest BCUT2D eigenvalue weighted by Gasteiger charge is 2.27. The molecule has 0 spiro atoms. The van der Waals surface area contributed by atoms with Gasteiger partial charge in [0.2, 0.25) is 5.91 Å². The molecule has 19 heavy (non-hydrogen) atoms. The normalized spacial score (nSPS) is 13.6. The molecule has 108 valence electrons. The summed E-state index contributed by atoms with van der Waals surface area (Å²) in [4.78, 5) is 11.7. The van der Waals surface area contributed by atoms with E-state index in [1.54, 1.807) is 7.05 Å². The summed E-state index contributed by atoms with van der Waals surface area (Å²) in [6.07, 6.45) is 3.93. The van der Waals surface area contributed by atoms with E-state index in [0.29, 0.717) is 12.6 Å². The molecule has 0 fully saturated rings. The van der Waals surface area contributed by atoms with Crippen LogP contribution in [0, 0.1) is 5.41 Å². The van der Waals surface area contributed by atoms with E-state index < -0.39 is 5.41 Å². The van der Waals surface area contributed by atoms with E-state index in [4.69, 9.17) is 0 Å². The lowest BCUT2D eigenvalue weighted by Crippen LogP contribution is -2.42. The van der Waals surface area contributed by atoms with Gasteiger partial charge in [-0.15, -0.1) is 0 Å². The third-order valence-corrected chi connectivity index (χ3v) is 3.34. The van der Waals surface area contributed by atoms with E-state index in [2.05, 4.69) is 42.7 Å². The molecule has 0 bridgehead atoms. The summed E-state index contributed by atoms with van der Waals surface area (Å²) in [6.45, 7) is 10.8. The first kappa shape index (κ1) is 15.7. The van der Waals surface area contributed by atoms with Crippen molar-refractivity contribution in [2.45, 2.75) is 46.7 Å². The molecule has 2 N–H and O–H groups in total. The van der Waals surface area contributed by atoms with Gasteiger partial charge in [0.15, 0.2) is 0 Å². The van der Waals surface area contributed by atoms with Crippen LogP contribution in [0.1, 0.15) is 52.3 Å². The number of rotatable bonds is 6. The lowest BCUT2D eigenvalue weighted by atomic mass is 9.92. The van der Waals surface area contributed by atoms with Crippen LogP contribution in [0.5, 0.6) is 0 Å². The second-order valence-corrected chi connectivity index (χ2v) is 5.91. The third-order valence-electron chi connectivity index (χ3n) is 3.34. The molecule has 0 aliphatic carbocycles. The van der Waals surface area contributed by atoms with Gasteiger partial charge in [0.1, 0.15) is 0 Å². The van der Waals surface area contributed by atoms with Crippen LogP contribution in [-0.4, -0.2) is 29.3 Å². The number of amides is 1. The maximum Gasteiger partial charge on any atom is 0.226 e. The molecule has 0 unspecified atom stereocenters. The fourth-order valence-electron chi connectivity index (χ4n) is 1.80. The number of nitrogens with one attached hydrogen (secondary N) is 2. The van der Waals surface area contributed by atoms with Crippen LogP contribution >= 0.6 is 0 Å². The van der Waals surface area contributed by atoms with Gasteiger partial charge in [-0.25, -0.2) is 0 Å². The van der Waals surface area contributed by atoms with Crippen molar-refractivity contribution in [3.8, 4) is 0 Å². The maximum absolute atomic E-state index is 11.7. The van der Waals surface area contributed by atoms with Crippen molar-refractivity contribution in [2.24, 2.45) is 5.41 Å². The van der Waals surface area contributed by atoms with Crippen LogP contribution in [-0.2, 0) is 4.79 Å². The number of aromatic nitrogens is 2.